The Kier molecular flexibility index (Phi) is 5.44. The van der Waals surface area contributed by atoms with Crippen molar-refractivity contribution in [2.24, 2.45) is 11.5 Å². The Bertz CT molecular complexity index is 1040. The Labute approximate surface area is 173 Å². The van der Waals surface area contributed by atoms with E-state index in [0.29, 0.717) is 23.0 Å². The molecule has 11 heteroatoms. The zero-order chi connectivity index (χ0) is 21.1. The molecule has 0 saturated heterocycles. The molecule has 2 heterocycles. The Morgan fingerprint density at radius 1 is 1.17 bits per heavy atom. The van der Waals surface area contributed by atoms with E-state index in [1.54, 1.807) is 30.6 Å². The predicted molar refractivity (Wildman–Crippen MR) is 113 cm³/mol. The quantitative estimate of drug-likeness (QED) is 0.375. The number of primary amides is 1. The second-order valence-electron chi connectivity index (χ2n) is 7.24. The molecular formula is C19H24N10O. The Balaban J connectivity index is 1.62. The first-order valence-corrected chi connectivity index (χ1v) is 9.73. The van der Waals surface area contributed by atoms with E-state index in [1.165, 1.54) is 11.0 Å². The third-order valence-corrected chi connectivity index (χ3v) is 5.12. The number of nitrogens with one attached hydrogen (secondary N) is 2. The molecule has 0 aliphatic heterocycles. The van der Waals surface area contributed by atoms with Crippen molar-refractivity contribution in [3.8, 4) is 5.69 Å². The van der Waals surface area contributed by atoms with Crippen molar-refractivity contribution in [2.45, 2.75) is 37.8 Å². The average molecular weight is 408 g/mol. The van der Waals surface area contributed by atoms with Crippen molar-refractivity contribution in [1.29, 1.82) is 0 Å². The van der Waals surface area contributed by atoms with Gasteiger partial charge in [-0.1, -0.05) is 12.8 Å². The maximum absolute atomic E-state index is 11.9. The molecule has 1 fully saturated rings. The normalized spacial score (nSPS) is 18.7. The summed E-state index contributed by atoms with van der Waals surface area (Å²) in [6.07, 6.45) is 8.65. The third kappa shape index (κ3) is 4.15. The van der Waals surface area contributed by atoms with Crippen LogP contribution >= 0.6 is 0 Å². The molecule has 4 rings (SSSR count). The first kappa shape index (κ1) is 19.6. The standard InChI is InChI=1S/C19H24N10O/c20-13-3-1-2-4-15(13)27-19-23-10-12(17(22)30)18(28-19)26-11-5-6-14(21)16(9-11)29-24-7-8-25-29/h5-10,13,15H,1-4,20-21H2,(H2,22,30)(H2,23,26,27,28)/t13-,15+/m0/s1. The summed E-state index contributed by atoms with van der Waals surface area (Å²) in [6, 6.07) is 5.36. The molecular weight excluding hydrogens is 384 g/mol. The lowest BCUT2D eigenvalue weighted by Gasteiger charge is -2.29. The van der Waals surface area contributed by atoms with Crippen LogP contribution in [-0.2, 0) is 0 Å². The van der Waals surface area contributed by atoms with Crippen molar-refractivity contribution in [3.05, 3.63) is 42.4 Å². The van der Waals surface area contributed by atoms with E-state index in [2.05, 4.69) is 30.8 Å². The summed E-state index contributed by atoms with van der Waals surface area (Å²) in [6.45, 7) is 0. The molecule has 156 valence electrons. The molecule has 2 atom stereocenters. The second kappa shape index (κ2) is 8.33. The summed E-state index contributed by atoms with van der Waals surface area (Å²) in [5.41, 5.74) is 19.7. The smallest absolute Gasteiger partial charge is 0.254 e. The number of nitrogens with zero attached hydrogens (tertiary/aromatic N) is 5. The van der Waals surface area contributed by atoms with Gasteiger partial charge in [0.2, 0.25) is 5.95 Å². The van der Waals surface area contributed by atoms with E-state index in [-0.39, 0.29) is 23.5 Å². The van der Waals surface area contributed by atoms with Gasteiger partial charge in [-0.15, -0.1) is 4.80 Å². The van der Waals surface area contributed by atoms with E-state index in [9.17, 15) is 4.79 Å². The first-order valence-electron chi connectivity index (χ1n) is 9.73. The number of nitrogen functional groups attached to an aromatic ring is 1. The molecule has 0 unspecified atom stereocenters. The van der Waals surface area contributed by atoms with Crippen LogP contribution in [0.3, 0.4) is 0 Å². The number of anilines is 4. The van der Waals surface area contributed by atoms with Crippen LogP contribution in [0, 0.1) is 0 Å². The number of amides is 1. The Morgan fingerprint density at radius 3 is 2.67 bits per heavy atom. The molecule has 1 aliphatic rings. The summed E-state index contributed by atoms with van der Waals surface area (Å²) in [5, 5.41) is 14.6. The molecule has 3 aromatic rings. The highest BCUT2D eigenvalue weighted by atomic mass is 16.1. The van der Waals surface area contributed by atoms with Crippen molar-refractivity contribution in [3.63, 3.8) is 0 Å². The molecule has 1 aliphatic carbocycles. The van der Waals surface area contributed by atoms with Gasteiger partial charge in [0.15, 0.2) is 0 Å². The van der Waals surface area contributed by atoms with Crippen LogP contribution in [0.25, 0.3) is 5.69 Å². The fourth-order valence-corrected chi connectivity index (χ4v) is 3.50. The lowest BCUT2D eigenvalue weighted by Crippen LogP contribution is -2.43. The molecule has 1 amide bonds. The highest BCUT2D eigenvalue weighted by Crippen LogP contribution is 2.26. The monoisotopic (exact) mass is 408 g/mol. The molecule has 1 aromatic carbocycles. The van der Waals surface area contributed by atoms with Gasteiger partial charge in [0, 0.05) is 24.0 Å². The summed E-state index contributed by atoms with van der Waals surface area (Å²) >= 11 is 0. The van der Waals surface area contributed by atoms with Crippen molar-refractivity contribution in [1.82, 2.24) is 25.0 Å². The summed E-state index contributed by atoms with van der Waals surface area (Å²) in [5.74, 6) is 0.0330. The molecule has 0 bridgehead atoms. The van der Waals surface area contributed by atoms with Crippen molar-refractivity contribution >= 4 is 29.0 Å². The second-order valence-corrected chi connectivity index (χ2v) is 7.24. The number of benzene rings is 1. The molecule has 8 N–H and O–H groups in total. The molecule has 0 radical (unpaired) electrons. The zero-order valence-corrected chi connectivity index (χ0v) is 16.3. The van der Waals surface area contributed by atoms with Gasteiger partial charge >= 0.3 is 0 Å². The zero-order valence-electron chi connectivity index (χ0n) is 16.3. The minimum absolute atomic E-state index is 0.0378. The maximum Gasteiger partial charge on any atom is 0.254 e. The molecule has 2 aromatic heterocycles. The number of hydrogen-bond acceptors (Lipinski definition) is 9. The summed E-state index contributed by atoms with van der Waals surface area (Å²) in [7, 11) is 0. The first-order chi connectivity index (χ1) is 14.5. The van der Waals surface area contributed by atoms with Crippen molar-refractivity contribution < 1.29 is 4.79 Å². The van der Waals surface area contributed by atoms with Crippen LogP contribution in [0.4, 0.5) is 23.1 Å². The van der Waals surface area contributed by atoms with Gasteiger partial charge < -0.3 is 27.8 Å². The van der Waals surface area contributed by atoms with E-state index in [4.69, 9.17) is 17.2 Å². The van der Waals surface area contributed by atoms with Crippen LogP contribution in [0.5, 0.6) is 0 Å². The largest absolute Gasteiger partial charge is 0.397 e. The van der Waals surface area contributed by atoms with Gasteiger partial charge in [-0.05, 0) is 31.0 Å². The number of carbonyl (C=O) groups excluding carboxylic acids is 1. The van der Waals surface area contributed by atoms with E-state index in [0.717, 1.165) is 25.7 Å². The highest BCUT2D eigenvalue weighted by Gasteiger charge is 2.23. The summed E-state index contributed by atoms with van der Waals surface area (Å²) < 4.78 is 0. The van der Waals surface area contributed by atoms with Crippen LogP contribution < -0.4 is 27.8 Å². The Hall–Kier alpha value is -3.73. The fraction of sp³-hybridized carbons (Fsp3) is 0.316. The topological polar surface area (TPSA) is 176 Å². The third-order valence-electron chi connectivity index (χ3n) is 5.12. The van der Waals surface area contributed by atoms with E-state index < -0.39 is 5.91 Å². The van der Waals surface area contributed by atoms with Crippen LogP contribution in [0.2, 0.25) is 0 Å². The average Bonchev–Trinajstić information content (AvgIpc) is 3.26. The van der Waals surface area contributed by atoms with Crippen molar-refractivity contribution in [2.75, 3.05) is 16.4 Å². The SMILES string of the molecule is NC(=O)c1cnc(N[C@@H]2CCCC[C@@H]2N)nc1Nc1ccc(N)c(-n2nccn2)c1. The summed E-state index contributed by atoms with van der Waals surface area (Å²) in [4.78, 5) is 22.0. The molecule has 0 spiro atoms. The molecule has 30 heavy (non-hydrogen) atoms. The number of nitrogens with two attached hydrogens (primary N) is 3. The number of hydrogen-bond donors (Lipinski definition) is 5. The van der Waals surface area contributed by atoms with Gasteiger partial charge in [0.25, 0.3) is 5.91 Å². The number of aromatic nitrogens is 5. The predicted octanol–water partition coefficient (Wildman–Crippen LogP) is 1.16. The van der Waals surface area contributed by atoms with E-state index >= 15 is 0 Å². The van der Waals surface area contributed by atoms with Gasteiger partial charge in [-0.3, -0.25) is 4.79 Å². The van der Waals surface area contributed by atoms with Crippen LogP contribution in [-0.4, -0.2) is 43.0 Å². The van der Waals surface area contributed by atoms with Crippen LogP contribution in [0.1, 0.15) is 36.0 Å². The number of carbonyl (C=O) groups is 1. The minimum Gasteiger partial charge on any atom is -0.397 e. The molecule has 11 nitrogen and oxygen atoms in total. The van der Waals surface area contributed by atoms with Gasteiger partial charge in [-0.25, -0.2) is 4.98 Å². The minimum atomic E-state index is -0.636. The maximum atomic E-state index is 11.9. The van der Waals surface area contributed by atoms with Gasteiger partial charge in [-0.2, -0.15) is 15.2 Å². The fourth-order valence-electron chi connectivity index (χ4n) is 3.50. The number of rotatable bonds is 6. The highest BCUT2D eigenvalue weighted by molar-refractivity contribution is 5.98. The van der Waals surface area contributed by atoms with Gasteiger partial charge in [0.1, 0.15) is 17.1 Å². The van der Waals surface area contributed by atoms with E-state index in [1.807, 2.05) is 0 Å². The lowest BCUT2D eigenvalue weighted by atomic mass is 9.91. The molecule has 1 saturated carbocycles. The van der Waals surface area contributed by atoms with Gasteiger partial charge in [0.05, 0.1) is 18.1 Å². The Morgan fingerprint density at radius 2 is 1.93 bits per heavy atom. The lowest BCUT2D eigenvalue weighted by molar-refractivity contribution is 0.100. The van der Waals surface area contributed by atoms with Crippen LogP contribution in [0.15, 0.2) is 36.8 Å².